The van der Waals surface area contributed by atoms with Crippen molar-refractivity contribution in [3.63, 3.8) is 0 Å². The molecule has 2 aromatic heterocycles. The fraction of sp³-hybridized carbons (Fsp3) is 0.467. The van der Waals surface area contributed by atoms with E-state index in [2.05, 4.69) is 10.1 Å². The van der Waals surface area contributed by atoms with Crippen LogP contribution in [0.25, 0.3) is 11.7 Å². The van der Waals surface area contributed by atoms with Crippen molar-refractivity contribution >= 4 is 18.8 Å². The second-order valence-electron chi connectivity index (χ2n) is 6.50. The zero-order valence-electron chi connectivity index (χ0n) is 13.4. The van der Waals surface area contributed by atoms with Crippen molar-refractivity contribution in [3.05, 3.63) is 35.7 Å². The highest BCUT2D eigenvalue weighted by molar-refractivity contribution is 6.56. The van der Waals surface area contributed by atoms with Gasteiger partial charge in [-0.05, 0) is 39.2 Å². The van der Waals surface area contributed by atoms with Crippen molar-refractivity contribution in [2.75, 3.05) is 6.54 Å². The molecule has 6 nitrogen and oxygen atoms in total. The molecular weight excluding hydrogens is 279 g/mol. The van der Waals surface area contributed by atoms with Gasteiger partial charge < -0.3 is 15.0 Å². The maximum Gasteiger partial charge on any atom is 0.491 e. The van der Waals surface area contributed by atoms with Gasteiger partial charge in [-0.3, -0.25) is 0 Å². The van der Waals surface area contributed by atoms with Crippen LogP contribution in [-0.4, -0.2) is 39.5 Å². The van der Waals surface area contributed by atoms with E-state index in [1.807, 2.05) is 46.0 Å². The van der Waals surface area contributed by atoms with E-state index in [9.17, 15) is 0 Å². The molecule has 0 saturated carbocycles. The molecule has 1 fully saturated rings. The molecule has 116 valence electrons. The Morgan fingerprint density at radius 2 is 2.00 bits per heavy atom. The fourth-order valence-corrected chi connectivity index (χ4v) is 2.36. The Balaban J connectivity index is 1.95. The number of nitrogens with zero attached hydrogens (tertiary/aromatic N) is 3. The molecule has 2 N–H and O–H groups in total. The van der Waals surface area contributed by atoms with Gasteiger partial charge in [0.15, 0.2) is 5.65 Å². The third-order valence-corrected chi connectivity index (χ3v) is 4.44. The zero-order valence-corrected chi connectivity index (χ0v) is 13.4. The lowest BCUT2D eigenvalue weighted by atomic mass is 9.77. The lowest BCUT2D eigenvalue weighted by Crippen LogP contribution is -2.41. The maximum absolute atomic E-state index is 6.06. The Kier molecular flexibility index (Phi) is 3.59. The van der Waals surface area contributed by atoms with Crippen LogP contribution in [0.4, 0.5) is 0 Å². The summed E-state index contributed by atoms with van der Waals surface area (Å²) in [5, 5.41) is 4.28. The Morgan fingerprint density at radius 1 is 1.32 bits per heavy atom. The van der Waals surface area contributed by atoms with Crippen LogP contribution < -0.4 is 5.73 Å². The molecule has 0 aromatic carbocycles. The molecule has 0 atom stereocenters. The summed E-state index contributed by atoms with van der Waals surface area (Å²) in [6.07, 6.45) is 7.32. The van der Waals surface area contributed by atoms with Gasteiger partial charge in [0.2, 0.25) is 0 Å². The van der Waals surface area contributed by atoms with E-state index in [-0.39, 0.29) is 11.2 Å². The van der Waals surface area contributed by atoms with Gasteiger partial charge in [-0.1, -0.05) is 6.08 Å². The van der Waals surface area contributed by atoms with Crippen molar-refractivity contribution in [1.82, 2.24) is 14.6 Å². The lowest BCUT2D eigenvalue weighted by molar-refractivity contribution is 0.00578. The standard InChI is InChI=1S/C15H21BN4O2/c1-14(2)15(3,4)22-16(21-14)12(9-17)8-11-10-19-20-7-5-6-18-13(11)20/h5-8,10H,9,17H2,1-4H3. The van der Waals surface area contributed by atoms with Crippen LogP contribution in [0.1, 0.15) is 33.3 Å². The van der Waals surface area contributed by atoms with Gasteiger partial charge in [0, 0.05) is 24.5 Å². The van der Waals surface area contributed by atoms with Gasteiger partial charge in [-0.15, -0.1) is 0 Å². The average molecular weight is 300 g/mol. The highest BCUT2D eigenvalue weighted by Crippen LogP contribution is 2.38. The number of nitrogens with two attached hydrogens (primary N) is 1. The van der Waals surface area contributed by atoms with Crippen LogP contribution in [0.15, 0.2) is 30.1 Å². The number of hydrogen-bond acceptors (Lipinski definition) is 5. The van der Waals surface area contributed by atoms with Gasteiger partial charge in [-0.25, -0.2) is 9.50 Å². The highest BCUT2D eigenvalue weighted by Gasteiger charge is 2.52. The van der Waals surface area contributed by atoms with Crippen LogP contribution in [0.3, 0.4) is 0 Å². The Labute approximate surface area is 130 Å². The first-order valence-electron chi connectivity index (χ1n) is 7.38. The minimum atomic E-state index is -0.450. The molecule has 0 bridgehead atoms. The number of rotatable bonds is 3. The molecule has 3 rings (SSSR count). The summed E-state index contributed by atoms with van der Waals surface area (Å²) in [7, 11) is -0.450. The Hall–Kier alpha value is -1.70. The molecule has 0 amide bonds. The molecule has 1 aliphatic heterocycles. The molecule has 2 aromatic rings. The van der Waals surface area contributed by atoms with E-state index in [1.54, 1.807) is 16.9 Å². The molecular formula is C15H21BN4O2. The summed E-state index contributed by atoms with van der Waals surface area (Å²) in [5.41, 5.74) is 7.70. The van der Waals surface area contributed by atoms with Crippen molar-refractivity contribution in [2.24, 2.45) is 5.73 Å². The number of aromatic nitrogens is 3. The van der Waals surface area contributed by atoms with Crippen molar-refractivity contribution in [2.45, 2.75) is 38.9 Å². The monoisotopic (exact) mass is 300 g/mol. The largest absolute Gasteiger partial charge is 0.491 e. The van der Waals surface area contributed by atoms with E-state index in [4.69, 9.17) is 15.0 Å². The minimum Gasteiger partial charge on any atom is -0.400 e. The summed E-state index contributed by atoms with van der Waals surface area (Å²) in [6, 6.07) is 1.84. The first-order valence-corrected chi connectivity index (χ1v) is 7.38. The molecule has 22 heavy (non-hydrogen) atoms. The van der Waals surface area contributed by atoms with Gasteiger partial charge in [-0.2, -0.15) is 5.10 Å². The summed E-state index contributed by atoms with van der Waals surface area (Å²) < 4.78 is 13.8. The number of fused-ring (bicyclic) bond motifs is 1. The van der Waals surface area contributed by atoms with Crippen molar-refractivity contribution in [3.8, 4) is 0 Å². The van der Waals surface area contributed by atoms with Crippen LogP contribution in [0.2, 0.25) is 0 Å². The predicted molar refractivity (Wildman–Crippen MR) is 86.1 cm³/mol. The minimum absolute atomic E-state index is 0.348. The van der Waals surface area contributed by atoms with Crippen LogP contribution >= 0.6 is 0 Å². The van der Waals surface area contributed by atoms with E-state index in [1.165, 1.54) is 0 Å². The third-order valence-electron chi connectivity index (χ3n) is 4.44. The predicted octanol–water partition coefficient (Wildman–Crippen LogP) is 1.70. The zero-order chi connectivity index (χ0) is 16.0. The summed E-state index contributed by atoms with van der Waals surface area (Å²) in [4.78, 5) is 4.35. The molecule has 3 heterocycles. The topological polar surface area (TPSA) is 74.7 Å². The van der Waals surface area contributed by atoms with E-state index in [0.29, 0.717) is 6.54 Å². The van der Waals surface area contributed by atoms with Crippen LogP contribution in [-0.2, 0) is 9.31 Å². The molecule has 1 saturated heterocycles. The highest BCUT2D eigenvalue weighted by atomic mass is 16.7. The van der Waals surface area contributed by atoms with Gasteiger partial charge in [0.1, 0.15) is 0 Å². The van der Waals surface area contributed by atoms with Crippen LogP contribution in [0.5, 0.6) is 0 Å². The van der Waals surface area contributed by atoms with Crippen molar-refractivity contribution < 1.29 is 9.31 Å². The van der Waals surface area contributed by atoms with Crippen LogP contribution in [0, 0.1) is 0 Å². The second-order valence-corrected chi connectivity index (χ2v) is 6.50. The normalized spacial score (nSPS) is 20.8. The molecule has 0 spiro atoms. The summed E-state index contributed by atoms with van der Waals surface area (Å²) >= 11 is 0. The van der Waals surface area contributed by atoms with E-state index in [0.717, 1.165) is 16.7 Å². The second kappa shape index (κ2) is 5.19. The molecule has 0 unspecified atom stereocenters. The third kappa shape index (κ3) is 2.45. The van der Waals surface area contributed by atoms with Gasteiger partial charge in [0.05, 0.1) is 17.4 Å². The van der Waals surface area contributed by atoms with Gasteiger partial charge in [0.25, 0.3) is 0 Å². The molecule has 0 aliphatic carbocycles. The SMILES string of the molecule is CC1(C)OB(C(=Cc2cnn3cccnc23)CN)OC1(C)C. The first kappa shape index (κ1) is 15.2. The summed E-state index contributed by atoms with van der Waals surface area (Å²) in [5.74, 6) is 0. The quantitative estimate of drug-likeness (QED) is 0.873. The molecule has 1 aliphatic rings. The smallest absolute Gasteiger partial charge is 0.400 e. The number of hydrogen-bond donors (Lipinski definition) is 1. The Bertz CT molecular complexity index is 707. The summed E-state index contributed by atoms with van der Waals surface area (Å²) in [6.45, 7) is 8.45. The van der Waals surface area contributed by atoms with E-state index >= 15 is 0 Å². The fourth-order valence-electron chi connectivity index (χ4n) is 2.36. The molecule has 7 heteroatoms. The maximum atomic E-state index is 6.06. The van der Waals surface area contributed by atoms with Gasteiger partial charge >= 0.3 is 7.12 Å². The lowest BCUT2D eigenvalue weighted by Gasteiger charge is -2.32. The molecule has 0 radical (unpaired) electrons. The first-order chi connectivity index (χ1) is 10.3. The Morgan fingerprint density at radius 3 is 2.64 bits per heavy atom. The van der Waals surface area contributed by atoms with E-state index < -0.39 is 7.12 Å². The average Bonchev–Trinajstić information content (AvgIpc) is 2.95. The van der Waals surface area contributed by atoms with Crippen molar-refractivity contribution in [1.29, 1.82) is 0 Å².